The molecule has 28 heteroatoms. The van der Waals surface area contributed by atoms with E-state index < -0.39 is 20.0 Å². The van der Waals surface area contributed by atoms with E-state index in [0.29, 0.717) is 157 Å². The van der Waals surface area contributed by atoms with E-state index in [1.54, 1.807) is 60.7 Å². The average Bonchev–Trinajstić information content (AvgIpc) is 1.64. The standard InChI is InChI=1S/C62H82Cl2N14O10S2/c1-66-56-37-45(64)36-55-53(56)39-58(78-26-18-68-19-27-78)60(55)88-49-6-10-51(11-7-49)90(83,84)74-47-13-23-76(42-47)29-33-86-31-21-72-62(80)70-15-3-2-14-69-61(79)71-20-30-85-32-28-75-22-12-46(41-75)73-89(81,82)50-8-4-48(5-9-50)87-59-54-35-44(63)34-43(40-65)52(54)38-57(59)77-24-16-67-17-25-77/h4-11,34-37,46-47,57-60,67-68,73-74H,2-3,12-33,38-39,41-42H2,(H2,69,71,79)(H2,70,72,80)/t46-,47-,57-,58-,59-,60-/m0/s1. The third kappa shape index (κ3) is 18.0. The Morgan fingerprint density at radius 1 is 0.600 bits per heavy atom. The Bertz CT molecular complexity index is 3180. The van der Waals surface area contributed by atoms with Crippen molar-refractivity contribution in [1.29, 1.82) is 5.26 Å². The Morgan fingerprint density at radius 2 is 1.03 bits per heavy atom. The van der Waals surface area contributed by atoms with Crippen molar-refractivity contribution in [2.75, 3.05) is 144 Å². The average molecular weight is 1320 g/mol. The van der Waals surface area contributed by atoms with Crippen LogP contribution >= 0.6 is 23.2 Å². The number of carbonyl (C=O) groups is 2. The molecule has 8 N–H and O–H groups in total. The third-order valence-corrected chi connectivity index (χ3v) is 20.9. The molecule has 24 nitrogen and oxygen atoms in total. The number of nitrogens with zero attached hydrogens (tertiary/aromatic N) is 6. The van der Waals surface area contributed by atoms with Crippen LogP contribution in [0.2, 0.25) is 10.0 Å². The summed E-state index contributed by atoms with van der Waals surface area (Å²) in [7, 11) is -7.60. The Labute approximate surface area is 538 Å². The minimum atomic E-state index is -3.80. The van der Waals surface area contributed by atoms with Gasteiger partial charge >= 0.3 is 12.1 Å². The maximum absolute atomic E-state index is 13.5. The van der Waals surface area contributed by atoms with Crippen molar-refractivity contribution in [2.24, 2.45) is 0 Å². The summed E-state index contributed by atoms with van der Waals surface area (Å²) in [6, 6.07) is 21.3. The van der Waals surface area contributed by atoms with Crippen LogP contribution in [0.3, 0.4) is 0 Å². The predicted octanol–water partition coefficient (Wildman–Crippen LogP) is 4.13. The molecule has 0 bridgehead atoms. The van der Waals surface area contributed by atoms with Gasteiger partial charge in [-0.25, -0.2) is 40.7 Å². The molecule has 0 spiro atoms. The number of hydrogen-bond donors (Lipinski definition) is 8. The van der Waals surface area contributed by atoms with E-state index in [4.69, 9.17) is 48.7 Å². The number of amides is 4. The predicted molar refractivity (Wildman–Crippen MR) is 341 cm³/mol. The zero-order chi connectivity index (χ0) is 63.0. The molecule has 486 valence electrons. The molecule has 4 aromatic rings. The quantitative estimate of drug-likeness (QED) is 0.0280. The molecule has 2 aliphatic carbocycles. The molecule has 4 saturated heterocycles. The third-order valence-electron chi connectivity index (χ3n) is 17.4. The zero-order valence-electron chi connectivity index (χ0n) is 50.5. The molecule has 0 saturated carbocycles. The summed E-state index contributed by atoms with van der Waals surface area (Å²) in [6.07, 6.45) is 3.24. The number of piperazine rings is 2. The van der Waals surface area contributed by atoms with Crippen molar-refractivity contribution >= 4 is 61.0 Å². The van der Waals surface area contributed by atoms with Gasteiger partial charge in [-0.1, -0.05) is 23.2 Å². The fraction of sp³-hybridized carbons (Fsp3) is 0.548. The number of ether oxygens (including phenoxy) is 4. The molecule has 4 heterocycles. The van der Waals surface area contributed by atoms with Gasteiger partial charge in [-0.3, -0.25) is 19.6 Å². The number of urea groups is 2. The van der Waals surface area contributed by atoms with Gasteiger partial charge in [-0.05, 0) is 147 Å². The van der Waals surface area contributed by atoms with E-state index in [1.165, 1.54) is 0 Å². The lowest BCUT2D eigenvalue weighted by atomic mass is 10.0. The largest absolute Gasteiger partial charge is 0.484 e. The van der Waals surface area contributed by atoms with Gasteiger partial charge in [0.05, 0.1) is 66.5 Å². The highest BCUT2D eigenvalue weighted by atomic mass is 35.5. The molecule has 0 aromatic heterocycles. The van der Waals surface area contributed by atoms with Gasteiger partial charge in [0.2, 0.25) is 20.0 Å². The highest BCUT2D eigenvalue weighted by Gasteiger charge is 2.42. The van der Waals surface area contributed by atoms with E-state index in [2.05, 4.69) is 71.9 Å². The molecule has 0 radical (unpaired) electrons. The fourth-order valence-corrected chi connectivity index (χ4v) is 15.8. The van der Waals surface area contributed by atoms with Crippen molar-refractivity contribution in [3.05, 3.63) is 122 Å². The molecule has 6 atom stereocenters. The van der Waals surface area contributed by atoms with Gasteiger partial charge in [0, 0.05) is 127 Å². The molecular formula is C62H82Cl2N14O10S2. The normalized spacial score (nSPS) is 22.3. The SMILES string of the molecule is [C-]#[N+]c1cc(Cl)cc2c1C[C@H](N1CCNCC1)[C@H]2Oc1ccc(S(=O)(=O)N[C@H]2CCN(CCOCCNC(=O)NCCCCNC(=O)NCCOCCN3CC[C@H](NS(=O)(=O)c4ccc(O[C@H]5c6cc(Cl)cc(C#N)c6C[C@@H]5N5CCNCC5)cc4)C3)C2)cc1. The van der Waals surface area contributed by atoms with Crippen LogP contribution in [0.25, 0.3) is 4.85 Å². The second-order valence-corrected chi connectivity index (χ2v) is 27.8. The van der Waals surface area contributed by atoms with Crippen LogP contribution in [-0.2, 0) is 42.4 Å². The molecular weight excluding hydrogens is 1240 g/mol. The lowest BCUT2D eigenvalue weighted by Crippen LogP contribution is -2.50. The molecule has 6 aliphatic rings. The maximum Gasteiger partial charge on any atom is 0.314 e. The van der Waals surface area contributed by atoms with E-state index in [-0.39, 0.29) is 58.2 Å². The Balaban J connectivity index is 0.522. The van der Waals surface area contributed by atoms with Crippen molar-refractivity contribution in [2.45, 2.75) is 84.7 Å². The number of sulfonamides is 2. The van der Waals surface area contributed by atoms with Crippen molar-refractivity contribution < 1.29 is 45.4 Å². The topological polar surface area (TPSA) is 277 Å². The highest BCUT2D eigenvalue weighted by molar-refractivity contribution is 7.89. The van der Waals surface area contributed by atoms with E-state index in [0.717, 1.165) is 81.2 Å². The lowest BCUT2D eigenvalue weighted by molar-refractivity contribution is 0.0693. The Kier molecular flexibility index (Phi) is 23.9. The lowest BCUT2D eigenvalue weighted by Gasteiger charge is -2.36. The summed E-state index contributed by atoms with van der Waals surface area (Å²) in [5, 5.41) is 28.8. The van der Waals surface area contributed by atoms with Gasteiger partial charge in [-0.15, -0.1) is 0 Å². The molecule has 10 rings (SSSR count). The number of rotatable bonds is 29. The number of nitriles is 1. The number of halogens is 2. The second-order valence-electron chi connectivity index (χ2n) is 23.5. The van der Waals surface area contributed by atoms with Crippen molar-refractivity contribution in [3.8, 4) is 17.6 Å². The Hall–Kier alpha value is -5.92. The highest BCUT2D eigenvalue weighted by Crippen LogP contribution is 2.45. The summed E-state index contributed by atoms with van der Waals surface area (Å²) in [5.74, 6) is 1.06. The summed E-state index contributed by atoms with van der Waals surface area (Å²) in [4.78, 5) is 37.7. The van der Waals surface area contributed by atoms with E-state index >= 15 is 0 Å². The van der Waals surface area contributed by atoms with Crippen molar-refractivity contribution in [1.82, 2.24) is 60.9 Å². The van der Waals surface area contributed by atoms with Gasteiger partial charge < -0.3 is 50.8 Å². The molecule has 0 unspecified atom stereocenters. The molecule has 90 heavy (non-hydrogen) atoms. The van der Waals surface area contributed by atoms with Gasteiger partial charge in [0.1, 0.15) is 23.7 Å². The second kappa shape index (κ2) is 32.1. The van der Waals surface area contributed by atoms with Crippen LogP contribution in [0, 0.1) is 17.9 Å². The molecule has 4 fully saturated rings. The number of unbranched alkanes of at least 4 members (excludes halogenated alkanes) is 1. The first kappa shape index (κ1) is 67.0. The molecule has 4 aromatic carbocycles. The number of likely N-dealkylation sites (tertiary alicyclic amines) is 2. The van der Waals surface area contributed by atoms with Crippen LogP contribution in [0.4, 0.5) is 15.3 Å². The summed E-state index contributed by atoms with van der Waals surface area (Å²) >= 11 is 12.9. The maximum atomic E-state index is 13.5. The van der Waals surface area contributed by atoms with Gasteiger partial charge in [-0.2, -0.15) is 5.26 Å². The van der Waals surface area contributed by atoms with Crippen LogP contribution in [0.1, 0.15) is 65.7 Å². The van der Waals surface area contributed by atoms with E-state index in [9.17, 15) is 31.7 Å². The smallest absolute Gasteiger partial charge is 0.314 e. The number of hydrogen-bond acceptors (Lipinski definition) is 17. The minimum absolute atomic E-state index is 0.00586. The number of fused-ring (bicyclic) bond motifs is 2. The molecule has 4 aliphatic heterocycles. The molecule has 4 amide bonds. The van der Waals surface area contributed by atoms with Crippen LogP contribution in [0.5, 0.6) is 11.5 Å². The summed E-state index contributed by atoms with van der Waals surface area (Å²) < 4.78 is 84.3. The van der Waals surface area contributed by atoms with Crippen LogP contribution < -0.4 is 50.8 Å². The van der Waals surface area contributed by atoms with E-state index in [1.807, 2.05) is 12.1 Å². The fourth-order valence-electron chi connectivity index (χ4n) is 12.8. The van der Waals surface area contributed by atoms with Crippen LogP contribution in [-0.4, -0.2) is 217 Å². The number of carbonyl (C=O) groups excluding carboxylic acids is 2. The van der Waals surface area contributed by atoms with Gasteiger partial charge in [0.25, 0.3) is 0 Å². The van der Waals surface area contributed by atoms with Crippen molar-refractivity contribution in [3.63, 3.8) is 0 Å². The van der Waals surface area contributed by atoms with Crippen LogP contribution in [0.15, 0.2) is 82.6 Å². The zero-order valence-corrected chi connectivity index (χ0v) is 53.7. The first-order chi connectivity index (χ1) is 43.6. The van der Waals surface area contributed by atoms with Gasteiger partial charge in [0.15, 0.2) is 5.69 Å². The first-order valence-electron chi connectivity index (χ1n) is 31.2. The number of benzene rings is 4. The summed E-state index contributed by atoms with van der Waals surface area (Å²) in [5.41, 5.74) is 4.76. The first-order valence-corrected chi connectivity index (χ1v) is 34.9. The summed E-state index contributed by atoms with van der Waals surface area (Å²) in [6.45, 7) is 21.4. The minimum Gasteiger partial charge on any atom is -0.484 e. The Morgan fingerprint density at radius 3 is 1.49 bits per heavy atom. The number of nitrogens with one attached hydrogen (secondary N) is 8. The monoisotopic (exact) mass is 1320 g/mol.